The highest BCUT2D eigenvalue weighted by molar-refractivity contribution is 5.89. The van der Waals surface area contributed by atoms with E-state index in [0.29, 0.717) is 5.57 Å². The summed E-state index contributed by atoms with van der Waals surface area (Å²) < 4.78 is 29.2. The van der Waals surface area contributed by atoms with Crippen LogP contribution >= 0.6 is 0 Å². The molecule has 11 nitrogen and oxygen atoms in total. The SMILES string of the molecule is CC(=O)OC1CC(O)C(C)=CC2OC(=O)C3(C)OC23C(OC(C)=O)C2C(C)C(O)CC(OC(C)=O)C12C. The Morgan fingerprint density at radius 1 is 0.973 bits per heavy atom. The van der Waals surface area contributed by atoms with E-state index < -0.39 is 89.0 Å². The fourth-order valence-electron chi connectivity index (χ4n) is 6.89. The van der Waals surface area contributed by atoms with Crippen LogP contribution in [0.4, 0.5) is 0 Å². The number of rotatable bonds is 3. The van der Waals surface area contributed by atoms with Crippen molar-refractivity contribution in [2.45, 2.75) is 109 Å². The Morgan fingerprint density at radius 3 is 2.03 bits per heavy atom. The molecule has 0 bridgehead atoms. The first-order valence-electron chi connectivity index (χ1n) is 12.6. The number of epoxide rings is 1. The van der Waals surface area contributed by atoms with Crippen molar-refractivity contribution in [3.05, 3.63) is 11.6 Å². The molecule has 1 saturated carbocycles. The smallest absolute Gasteiger partial charge is 0.342 e. The van der Waals surface area contributed by atoms with Gasteiger partial charge in [-0.05, 0) is 31.4 Å². The molecule has 2 heterocycles. The summed E-state index contributed by atoms with van der Waals surface area (Å²) in [6.45, 7) is 10.4. The average Bonchev–Trinajstić information content (AvgIpc) is 3.36. The lowest BCUT2D eigenvalue weighted by Crippen LogP contribution is -2.66. The minimum atomic E-state index is -1.48. The van der Waals surface area contributed by atoms with Gasteiger partial charge in [0.25, 0.3) is 0 Å². The molecule has 11 unspecified atom stereocenters. The molecule has 37 heavy (non-hydrogen) atoms. The van der Waals surface area contributed by atoms with Crippen LogP contribution < -0.4 is 0 Å². The number of fused-ring (bicyclic) bond motifs is 1. The fraction of sp³-hybridized carbons (Fsp3) is 0.769. The number of ether oxygens (including phenoxy) is 5. The monoisotopic (exact) mass is 524 g/mol. The topological polar surface area (TPSA) is 158 Å². The zero-order valence-electron chi connectivity index (χ0n) is 22.2. The predicted octanol–water partition coefficient (Wildman–Crippen LogP) is 0.969. The Hall–Kier alpha value is -2.50. The summed E-state index contributed by atoms with van der Waals surface area (Å²) in [5.74, 6) is -3.99. The van der Waals surface area contributed by atoms with Gasteiger partial charge < -0.3 is 33.9 Å². The van der Waals surface area contributed by atoms with Gasteiger partial charge in [0.05, 0.1) is 12.2 Å². The van der Waals surface area contributed by atoms with Gasteiger partial charge in [-0.25, -0.2) is 4.79 Å². The first-order chi connectivity index (χ1) is 17.1. The molecule has 0 aromatic heterocycles. The molecule has 4 rings (SSSR count). The van der Waals surface area contributed by atoms with Crippen molar-refractivity contribution < 1.29 is 53.1 Å². The summed E-state index contributed by atoms with van der Waals surface area (Å²) >= 11 is 0. The quantitative estimate of drug-likeness (QED) is 0.234. The minimum Gasteiger partial charge on any atom is -0.462 e. The van der Waals surface area contributed by atoms with Gasteiger partial charge in [0, 0.05) is 44.9 Å². The Labute approximate surface area is 215 Å². The van der Waals surface area contributed by atoms with E-state index >= 15 is 0 Å². The van der Waals surface area contributed by atoms with Crippen molar-refractivity contribution >= 4 is 23.9 Å². The Morgan fingerprint density at radius 2 is 1.51 bits per heavy atom. The summed E-state index contributed by atoms with van der Waals surface area (Å²) in [7, 11) is 0. The zero-order chi connectivity index (χ0) is 27.7. The molecule has 3 fully saturated rings. The van der Waals surface area contributed by atoms with E-state index in [9.17, 15) is 29.4 Å². The van der Waals surface area contributed by atoms with E-state index in [2.05, 4.69) is 0 Å². The van der Waals surface area contributed by atoms with Crippen molar-refractivity contribution in [3.8, 4) is 0 Å². The molecule has 0 aromatic rings. The van der Waals surface area contributed by atoms with E-state index in [-0.39, 0.29) is 12.8 Å². The lowest BCUT2D eigenvalue weighted by atomic mass is 9.53. The third-order valence-corrected chi connectivity index (χ3v) is 8.89. The lowest BCUT2D eigenvalue weighted by molar-refractivity contribution is -0.233. The van der Waals surface area contributed by atoms with Gasteiger partial charge >= 0.3 is 23.9 Å². The lowest BCUT2D eigenvalue weighted by Gasteiger charge is -2.56. The number of carbonyl (C=O) groups is 4. The van der Waals surface area contributed by atoms with Gasteiger partial charge in [-0.15, -0.1) is 0 Å². The molecule has 1 spiro atoms. The van der Waals surface area contributed by atoms with Gasteiger partial charge in [-0.2, -0.15) is 0 Å². The van der Waals surface area contributed by atoms with Gasteiger partial charge in [0.15, 0.2) is 17.3 Å². The third-order valence-electron chi connectivity index (χ3n) is 8.89. The molecule has 2 N–H and O–H groups in total. The number of hydrogen-bond acceptors (Lipinski definition) is 11. The molecule has 2 aliphatic heterocycles. The molecule has 11 atom stereocenters. The second kappa shape index (κ2) is 9.06. The molecule has 0 amide bonds. The van der Waals surface area contributed by atoms with E-state index in [4.69, 9.17) is 23.7 Å². The normalized spacial score (nSPS) is 46.7. The van der Waals surface area contributed by atoms with Crippen molar-refractivity contribution in [2.75, 3.05) is 0 Å². The number of aliphatic hydroxyl groups excluding tert-OH is 2. The third kappa shape index (κ3) is 4.06. The van der Waals surface area contributed by atoms with E-state index in [1.807, 2.05) is 0 Å². The van der Waals surface area contributed by atoms with Gasteiger partial charge in [-0.3, -0.25) is 14.4 Å². The summed E-state index contributed by atoms with van der Waals surface area (Å²) in [5, 5.41) is 22.3. The highest BCUT2D eigenvalue weighted by Gasteiger charge is 2.87. The largest absolute Gasteiger partial charge is 0.462 e. The Balaban J connectivity index is 2.02. The van der Waals surface area contributed by atoms with E-state index in [1.165, 1.54) is 20.8 Å². The van der Waals surface area contributed by atoms with Crippen molar-refractivity contribution in [2.24, 2.45) is 17.3 Å². The molecule has 11 heteroatoms. The predicted molar refractivity (Wildman–Crippen MR) is 125 cm³/mol. The number of aliphatic hydroxyl groups is 2. The number of esters is 4. The van der Waals surface area contributed by atoms with Gasteiger partial charge in [-0.1, -0.05) is 13.8 Å². The van der Waals surface area contributed by atoms with Crippen LogP contribution in [0.3, 0.4) is 0 Å². The maximum atomic E-state index is 13.0. The van der Waals surface area contributed by atoms with Gasteiger partial charge in [0.1, 0.15) is 18.3 Å². The average molecular weight is 525 g/mol. The maximum absolute atomic E-state index is 13.0. The highest BCUT2D eigenvalue weighted by atomic mass is 16.7. The van der Waals surface area contributed by atoms with Crippen LogP contribution in [-0.4, -0.2) is 81.9 Å². The van der Waals surface area contributed by atoms with Crippen LogP contribution in [0, 0.1) is 17.3 Å². The van der Waals surface area contributed by atoms with Crippen molar-refractivity contribution in [3.63, 3.8) is 0 Å². The molecule has 0 aromatic carbocycles. The van der Waals surface area contributed by atoms with E-state index in [0.717, 1.165) is 0 Å². The standard InChI is InChI=1S/C26H36O11/c1-11-8-20-26(25(7,37-26)23(32)36-20)22(35-15(5)29)21-12(2)17(31)10-19(34-14(4)28)24(21,6)18(9-16(11)30)33-13(3)27/h8,12,16-22,30-31H,9-10H2,1-7H3. The fourth-order valence-corrected chi connectivity index (χ4v) is 6.89. The summed E-state index contributed by atoms with van der Waals surface area (Å²) in [4.78, 5) is 50.0. The molecule has 2 saturated heterocycles. The highest BCUT2D eigenvalue weighted by Crippen LogP contribution is 2.65. The summed E-state index contributed by atoms with van der Waals surface area (Å²) in [5.41, 5.74) is -3.79. The van der Waals surface area contributed by atoms with Gasteiger partial charge in [0.2, 0.25) is 0 Å². The molecule has 4 aliphatic rings. The maximum Gasteiger partial charge on any atom is 0.342 e. The number of carbonyl (C=O) groups excluding carboxylic acids is 4. The van der Waals surface area contributed by atoms with Crippen molar-refractivity contribution in [1.29, 1.82) is 0 Å². The first kappa shape index (κ1) is 27.5. The molecule has 2 aliphatic carbocycles. The van der Waals surface area contributed by atoms with Crippen LogP contribution in [0.2, 0.25) is 0 Å². The molecular formula is C26H36O11. The van der Waals surface area contributed by atoms with E-state index in [1.54, 1.807) is 33.8 Å². The molecule has 0 radical (unpaired) electrons. The molecule has 206 valence electrons. The second-order valence-electron chi connectivity index (χ2n) is 11.2. The second-order valence-corrected chi connectivity index (χ2v) is 11.2. The summed E-state index contributed by atoms with van der Waals surface area (Å²) in [6.07, 6.45) is -4.79. The van der Waals surface area contributed by atoms with Crippen LogP contribution in [0.15, 0.2) is 11.6 Å². The number of hydrogen-bond donors (Lipinski definition) is 2. The van der Waals surface area contributed by atoms with Crippen LogP contribution in [0.1, 0.15) is 61.3 Å². The van der Waals surface area contributed by atoms with Crippen LogP contribution in [0.5, 0.6) is 0 Å². The first-order valence-corrected chi connectivity index (χ1v) is 12.6. The van der Waals surface area contributed by atoms with Crippen LogP contribution in [-0.2, 0) is 42.9 Å². The minimum absolute atomic E-state index is 0.0210. The van der Waals surface area contributed by atoms with Crippen molar-refractivity contribution in [1.82, 2.24) is 0 Å². The zero-order valence-corrected chi connectivity index (χ0v) is 22.2. The van der Waals surface area contributed by atoms with Crippen LogP contribution in [0.25, 0.3) is 0 Å². The Kier molecular flexibility index (Phi) is 6.74. The summed E-state index contributed by atoms with van der Waals surface area (Å²) in [6, 6.07) is 0. The Bertz CT molecular complexity index is 1040. The molecular weight excluding hydrogens is 488 g/mol.